The van der Waals surface area contributed by atoms with Crippen LogP contribution in [0.5, 0.6) is 0 Å². The molecule has 0 fully saturated rings. The van der Waals surface area contributed by atoms with Crippen LogP contribution >= 0.6 is 11.3 Å². The Morgan fingerprint density at radius 3 is 2.90 bits per heavy atom. The number of hydrogen-bond donors (Lipinski definition) is 3. The van der Waals surface area contributed by atoms with Crippen molar-refractivity contribution in [3.05, 3.63) is 60.7 Å². The second-order valence-electron chi connectivity index (χ2n) is 3.97. The molecule has 3 aromatic heterocycles. The molecule has 10 heteroatoms. The number of nitrogens with one attached hydrogen (secondary N) is 3. The summed E-state index contributed by atoms with van der Waals surface area (Å²) in [5.41, 5.74) is -2.39. The molecule has 0 saturated heterocycles. The zero-order valence-corrected chi connectivity index (χ0v) is 11.1. The predicted octanol–water partition coefficient (Wildman–Crippen LogP) is -0.615. The molecule has 3 heterocycles. The molecule has 0 radical (unpaired) electrons. The lowest BCUT2D eigenvalue weighted by molar-refractivity contribution is 0.102. The fourth-order valence-corrected chi connectivity index (χ4v) is 2.35. The largest absolute Gasteiger partial charge is 0.325 e. The van der Waals surface area contributed by atoms with Gasteiger partial charge in [0, 0.05) is 24.0 Å². The highest BCUT2D eigenvalue weighted by Gasteiger charge is 2.15. The number of anilines is 1. The van der Waals surface area contributed by atoms with E-state index in [-0.39, 0.29) is 11.3 Å². The van der Waals surface area contributed by atoms with E-state index in [0.29, 0.717) is 4.96 Å². The number of aromatic amines is 2. The maximum Gasteiger partial charge on any atom is 0.325 e. The van der Waals surface area contributed by atoms with Gasteiger partial charge in [0.05, 0.1) is 0 Å². The van der Waals surface area contributed by atoms with Crippen LogP contribution in [0.4, 0.5) is 5.69 Å². The van der Waals surface area contributed by atoms with Gasteiger partial charge in [0.15, 0.2) is 4.96 Å². The lowest BCUT2D eigenvalue weighted by atomic mass is 10.3. The Bertz CT molecular complexity index is 1010. The summed E-state index contributed by atoms with van der Waals surface area (Å²) >= 11 is 1.26. The summed E-state index contributed by atoms with van der Waals surface area (Å²) in [6.07, 6.45) is 3.69. The van der Waals surface area contributed by atoms with E-state index in [1.807, 2.05) is 4.98 Å². The average molecular weight is 305 g/mol. The number of thiazole rings is 1. The molecule has 3 N–H and O–H groups in total. The number of carbonyl (C=O) groups is 1. The van der Waals surface area contributed by atoms with E-state index in [4.69, 9.17) is 0 Å². The molecule has 1 amide bonds. The zero-order chi connectivity index (χ0) is 15.0. The molecule has 0 aliphatic carbocycles. The minimum atomic E-state index is -0.786. The van der Waals surface area contributed by atoms with Crippen molar-refractivity contribution in [2.24, 2.45) is 0 Å². The van der Waals surface area contributed by atoms with Crippen LogP contribution in [0, 0.1) is 0 Å². The number of carbonyl (C=O) groups excluding carboxylic acids is 1. The lowest BCUT2D eigenvalue weighted by Crippen LogP contribution is -2.30. The molecule has 106 valence electrons. The molecular formula is C11H7N5O4S. The number of nitrogens with zero attached hydrogens (tertiary/aromatic N) is 2. The first-order chi connectivity index (χ1) is 10.1. The first-order valence-electron chi connectivity index (χ1n) is 5.64. The van der Waals surface area contributed by atoms with Crippen LogP contribution < -0.4 is 22.1 Å². The summed E-state index contributed by atoms with van der Waals surface area (Å²) in [5, 5.41) is 3.91. The summed E-state index contributed by atoms with van der Waals surface area (Å²) in [6.45, 7) is 0. The van der Waals surface area contributed by atoms with Gasteiger partial charge >= 0.3 is 5.69 Å². The first-order valence-corrected chi connectivity index (χ1v) is 6.52. The van der Waals surface area contributed by atoms with Gasteiger partial charge in [-0.05, 0) is 0 Å². The molecule has 3 aromatic rings. The maximum absolute atomic E-state index is 12.1. The smallest absolute Gasteiger partial charge is 0.316 e. The second-order valence-corrected chi connectivity index (χ2v) is 4.85. The maximum atomic E-state index is 12.1. The molecule has 0 saturated carbocycles. The molecule has 0 unspecified atom stereocenters. The molecule has 0 aliphatic heterocycles. The Labute approximate surface area is 118 Å². The van der Waals surface area contributed by atoms with Crippen LogP contribution in [0.3, 0.4) is 0 Å². The minimum Gasteiger partial charge on any atom is -0.316 e. The molecule has 0 bridgehead atoms. The third-order valence-corrected chi connectivity index (χ3v) is 3.43. The van der Waals surface area contributed by atoms with Gasteiger partial charge in [0.2, 0.25) is 0 Å². The van der Waals surface area contributed by atoms with Crippen molar-refractivity contribution in [1.29, 1.82) is 0 Å². The number of H-pyrrole nitrogens is 2. The molecule has 0 aliphatic rings. The Balaban J connectivity index is 2.01. The van der Waals surface area contributed by atoms with Gasteiger partial charge in [-0.3, -0.25) is 23.8 Å². The summed E-state index contributed by atoms with van der Waals surface area (Å²) < 4.78 is 1.23. The van der Waals surface area contributed by atoms with E-state index in [0.717, 1.165) is 12.4 Å². The van der Waals surface area contributed by atoms with Crippen molar-refractivity contribution in [2.45, 2.75) is 0 Å². The topological polar surface area (TPSA) is 129 Å². The van der Waals surface area contributed by atoms with Gasteiger partial charge in [-0.15, -0.1) is 11.3 Å². The van der Waals surface area contributed by atoms with Crippen LogP contribution in [-0.4, -0.2) is 25.3 Å². The summed E-state index contributed by atoms with van der Waals surface area (Å²) in [7, 11) is 0. The van der Waals surface area contributed by atoms with E-state index in [9.17, 15) is 19.2 Å². The van der Waals surface area contributed by atoms with E-state index in [1.54, 1.807) is 5.38 Å². The highest BCUT2D eigenvalue weighted by molar-refractivity contribution is 7.15. The third kappa shape index (κ3) is 2.27. The minimum absolute atomic E-state index is 0.172. The van der Waals surface area contributed by atoms with Gasteiger partial charge in [0.25, 0.3) is 17.0 Å². The standard InChI is InChI=1S/C11H7N5O4S/c17-7(14-6-4-12-10(20)15-8(6)18)5-3-13-11-16(9(5)19)1-2-21-11/h1-4H,(H,14,17)(H2,12,15,18,20). The summed E-state index contributed by atoms with van der Waals surface area (Å²) in [4.78, 5) is 55.1. The SMILES string of the molecule is O=C(Nc1c[nH]c(=O)[nH]c1=O)c1cnc2sccn2c1=O. The predicted molar refractivity (Wildman–Crippen MR) is 75.0 cm³/mol. The number of aromatic nitrogens is 4. The average Bonchev–Trinajstić information content (AvgIpc) is 2.91. The van der Waals surface area contributed by atoms with Crippen LogP contribution in [-0.2, 0) is 0 Å². The summed E-state index contributed by atoms with van der Waals surface area (Å²) in [5.74, 6) is -0.786. The van der Waals surface area contributed by atoms with Crippen molar-refractivity contribution < 1.29 is 4.79 Å². The van der Waals surface area contributed by atoms with Gasteiger partial charge in [-0.25, -0.2) is 9.78 Å². The Morgan fingerprint density at radius 1 is 1.33 bits per heavy atom. The third-order valence-electron chi connectivity index (χ3n) is 2.65. The molecule has 21 heavy (non-hydrogen) atoms. The molecule has 0 aromatic carbocycles. The van der Waals surface area contributed by atoms with Crippen LogP contribution in [0.25, 0.3) is 4.96 Å². The number of hydrogen-bond acceptors (Lipinski definition) is 6. The first kappa shape index (κ1) is 13.0. The highest BCUT2D eigenvalue weighted by Crippen LogP contribution is 2.06. The van der Waals surface area contributed by atoms with Crippen LogP contribution in [0.2, 0.25) is 0 Å². The molecule has 0 atom stereocenters. The monoisotopic (exact) mass is 305 g/mol. The van der Waals surface area contributed by atoms with Crippen molar-refractivity contribution >= 4 is 27.9 Å². The van der Waals surface area contributed by atoms with Crippen molar-refractivity contribution in [3.63, 3.8) is 0 Å². The van der Waals surface area contributed by atoms with Crippen LogP contribution in [0.1, 0.15) is 10.4 Å². The number of amides is 1. The fraction of sp³-hybridized carbons (Fsp3) is 0. The molecular weight excluding hydrogens is 298 g/mol. The second kappa shape index (κ2) is 4.83. The van der Waals surface area contributed by atoms with Crippen molar-refractivity contribution in [3.8, 4) is 0 Å². The van der Waals surface area contributed by atoms with Gasteiger partial charge in [-0.2, -0.15) is 0 Å². The lowest BCUT2D eigenvalue weighted by Gasteiger charge is -2.03. The highest BCUT2D eigenvalue weighted by atomic mass is 32.1. The number of fused-ring (bicyclic) bond motifs is 1. The van der Waals surface area contributed by atoms with Gasteiger partial charge in [0.1, 0.15) is 11.3 Å². The molecule has 0 spiro atoms. The molecule has 3 rings (SSSR count). The fourth-order valence-electron chi connectivity index (χ4n) is 1.67. The number of rotatable bonds is 2. The normalized spacial score (nSPS) is 10.7. The van der Waals surface area contributed by atoms with E-state index in [1.165, 1.54) is 21.9 Å². The van der Waals surface area contributed by atoms with E-state index >= 15 is 0 Å². The Kier molecular flexibility index (Phi) is 2.99. The summed E-state index contributed by atoms with van der Waals surface area (Å²) in [6, 6.07) is 0. The van der Waals surface area contributed by atoms with Gasteiger partial charge in [-0.1, -0.05) is 0 Å². The van der Waals surface area contributed by atoms with Crippen molar-refractivity contribution in [2.75, 3.05) is 5.32 Å². The Morgan fingerprint density at radius 2 is 2.14 bits per heavy atom. The van der Waals surface area contributed by atoms with Crippen molar-refractivity contribution in [1.82, 2.24) is 19.4 Å². The Hall–Kier alpha value is -3.01. The van der Waals surface area contributed by atoms with E-state index < -0.39 is 22.7 Å². The van der Waals surface area contributed by atoms with Crippen LogP contribution in [0.15, 0.2) is 38.4 Å². The van der Waals surface area contributed by atoms with E-state index in [2.05, 4.69) is 15.3 Å². The quantitative estimate of drug-likeness (QED) is 0.581. The molecule has 9 nitrogen and oxygen atoms in total. The zero-order valence-electron chi connectivity index (χ0n) is 10.2. The van der Waals surface area contributed by atoms with Gasteiger partial charge < -0.3 is 10.3 Å².